The van der Waals surface area contributed by atoms with E-state index in [1.165, 1.54) is 31.2 Å². The molecule has 2 aromatic carbocycles. The number of benzene rings is 2. The van der Waals surface area contributed by atoms with Crippen LogP contribution in [0.4, 0.5) is 11.4 Å². The fourth-order valence-electron chi connectivity index (χ4n) is 2.17. The molecule has 2 rings (SSSR count). The number of nitrogens with zero attached hydrogens (tertiary/aromatic N) is 2. The molecule has 0 atom stereocenters. The molecule has 2 N–H and O–H groups in total. The molecule has 27 heavy (non-hydrogen) atoms. The van der Waals surface area contributed by atoms with E-state index in [4.69, 9.17) is 0 Å². The molecule has 142 valence electrons. The summed E-state index contributed by atoms with van der Waals surface area (Å²) >= 11 is 0. The summed E-state index contributed by atoms with van der Waals surface area (Å²) in [5.74, 6) is -0.878. The SMILES string of the molecule is CCS(=O)(=O)c1ccc(N=NC(C(=O)Nc2ccccc2C)=C(C)O)cc1. The zero-order valence-electron chi connectivity index (χ0n) is 15.3. The van der Waals surface area contributed by atoms with Gasteiger partial charge in [-0.15, -0.1) is 5.11 Å². The molecule has 0 saturated carbocycles. The van der Waals surface area contributed by atoms with Crippen LogP contribution in [0.15, 0.2) is 75.1 Å². The van der Waals surface area contributed by atoms with Crippen molar-refractivity contribution in [3.05, 3.63) is 65.6 Å². The van der Waals surface area contributed by atoms with E-state index in [0.717, 1.165) is 5.56 Å². The summed E-state index contributed by atoms with van der Waals surface area (Å²) < 4.78 is 23.6. The van der Waals surface area contributed by atoms with Crippen LogP contribution in [0.5, 0.6) is 0 Å². The Balaban J connectivity index is 2.20. The van der Waals surface area contributed by atoms with Gasteiger partial charge in [-0.05, 0) is 49.7 Å². The highest BCUT2D eigenvalue weighted by atomic mass is 32.2. The Morgan fingerprint density at radius 3 is 2.30 bits per heavy atom. The van der Waals surface area contributed by atoms with Gasteiger partial charge in [0.05, 0.1) is 16.3 Å². The van der Waals surface area contributed by atoms with Gasteiger partial charge in [0.2, 0.25) is 0 Å². The third-order valence-electron chi connectivity index (χ3n) is 3.79. The number of anilines is 1. The lowest BCUT2D eigenvalue weighted by Gasteiger charge is -2.08. The smallest absolute Gasteiger partial charge is 0.279 e. The summed E-state index contributed by atoms with van der Waals surface area (Å²) in [5.41, 5.74) is 1.59. The van der Waals surface area contributed by atoms with Gasteiger partial charge in [-0.25, -0.2) is 8.42 Å². The van der Waals surface area contributed by atoms with Gasteiger partial charge in [0.15, 0.2) is 15.5 Å². The van der Waals surface area contributed by atoms with Gasteiger partial charge >= 0.3 is 0 Å². The Labute approximate surface area is 158 Å². The molecule has 0 fully saturated rings. The van der Waals surface area contributed by atoms with Gasteiger partial charge in [-0.1, -0.05) is 25.1 Å². The van der Waals surface area contributed by atoms with Crippen LogP contribution in [0, 0.1) is 6.92 Å². The monoisotopic (exact) mass is 387 g/mol. The number of carbonyl (C=O) groups is 1. The van der Waals surface area contributed by atoms with Crippen LogP contribution in [0.1, 0.15) is 19.4 Å². The predicted molar refractivity (Wildman–Crippen MR) is 104 cm³/mol. The van der Waals surface area contributed by atoms with Crippen molar-refractivity contribution in [2.24, 2.45) is 10.2 Å². The molecule has 0 heterocycles. The van der Waals surface area contributed by atoms with E-state index in [2.05, 4.69) is 15.5 Å². The third-order valence-corrected chi connectivity index (χ3v) is 5.54. The summed E-state index contributed by atoms with van der Waals surface area (Å²) in [5, 5.41) is 20.2. The van der Waals surface area contributed by atoms with Gasteiger partial charge in [0, 0.05) is 5.69 Å². The molecule has 0 spiro atoms. The van der Waals surface area contributed by atoms with E-state index >= 15 is 0 Å². The lowest BCUT2D eigenvalue weighted by atomic mass is 10.2. The minimum atomic E-state index is -3.30. The van der Waals surface area contributed by atoms with Crippen molar-refractivity contribution in [3.63, 3.8) is 0 Å². The van der Waals surface area contributed by atoms with E-state index in [1.54, 1.807) is 19.1 Å². The van der Waals surface area contributed by atoms with Gasteiger partial charge in [0.25, 0.3) is 5.91 Å². The Bertz CT molecular complexity index is 990. The molecule has 0 aliphatic rings. The molecular formula is C19H21N3O4S. The number of sulfone groups is 1. The Morgan fingerprint density at radius 2 is 1.74 bits per heavy atom. The minimum absolute atomic E-state index is 0.00350. The molecule has 0 bridgehead atoms. The zero-order chi connectivity index (χ0) is 20.0. The number of carbonyl (C=O) groups excluding carboxylic acids is 1. The van der Waals surface area contributed by atoms with Gasteiger partial charge in [-0.2, -0.15) is 5.11 Å². The van der Waals surface area contributed by atoms with Crippen molar-refractivity contribution in [2.75, 3.05) is 11.1 Å². The Kier molecular flexibility index (Phi) is 6.46. The van der Waals surface area contributed by atoms with Crippen LogP contribution < -0.4 is 5.32 Å². The van der Waals surface area contributed by atoms with Crippen LogP contribution in [-0.2, 0) is 14.6 Å². The van der Waals surface area contributed by atoms with Gasteiger partial charge in [-0.3, -0.25) is 4.79 Å². The number of aliphatic hydroxyl groups is 1. The van der Waals surface area contributed by atoms with Crippen LogP contribution in [0.3, 0.4) is 0 Å². The number of para-hydroxylation sites is 1. The first-order valence-corrected chi connectivity index (χ1v) is 9.91. The van der Waals surface area contributed by atoms with Crippen LogP contribution >= 0.6 is 0 Å². The lowest BCUT2D eigenvalue weighted by molar-refractivity contribution is -0.113. The number of aryl methyl sites for hydroxylation is 1. The highest BCUT2D eigenvalue weighted by Gasteiger charge is 2.14. The van der Waals surface area contributed by atoms with E-state index in [9.17, 15) is 18.3 Å². The van der Waals surface area contributed by atoms with Crippen molar-refractivity contribution in [2.45, 2.75) is 25.7 Å². The summed E-state index contributed by atoms with van der Waals surface area (Å²) in [6.07, 6.45) is 0. The first-order valence-electron chi connectivity index (χ1n) is 8.26. The first kappa shape index (κ1) is 20.3. The van der Waals surface area contributed by atoms with Gasteiger partial charge < -0.3 is 10.4 Å². The summed E-state index contributed by atoms with van der Waals surface area (Å²) in [4.78, 5) is 12.6. The molecular weight excluding hydrogens is 366 g/mol. The average Bonchev–Trinajstić information content (AvgIpc) is 2.64. The number of aliphatic hydroxyl groups excluding tert-OH is 1. The Morgan fingerprint density at radius 1 is 1.11 bits per heavy atom. The maximum Gasteiger partial charge on any atom is 0.279 e. The fraction of sp³-hybridized carbons (Fsp3) is 0.211. The number of azo groups is 1. The summed E-state index contributed by atoms with van der Waals surface area (Å²) in [7, 11) is -3.30. The van der Waals surface area contributed by atoms with Crippen LogP contribution in [-0.4, -0.2) is 25.2 Å². The number of hydrogen-bond donors (Lipinski definition) is 2. The molecule has 2 aromatic rings. The number of rotatable bonds is 6. The number of hydrogen-bond acceptors (Lipinski definition) is 6. The molecule has 0 aliphatic carbocycles. The molecule has 0 aromatic heterocycles. The molecule has 8 heteroatoms. The number of amides is 1. The highest BCUT2D eigenvalue weighted by Crippen LogP contribution is 2.20. The predicted octanol–water partition coefficient (Wildman–Crippen LogP) is 4.30. The normalized spacial score (nSPS) is 12.7. The largest absolute Gasteiger partial charge is 0.510 e. The first-order chi connectivity index (χ1) is 12.7. The second-order valence-corrected chi connectivity index (χ2v) is 8.08. The standard InChI is InChI=1S/C19H21N3O4S/c1-4-27(25,26)16-11-9-15(10-12-16)21-22-18(14(3)23)19(24)20-17-8-6-5-7-13(17)2/h5-12,23H,4H2,1-3H3,(H,20,24). The minimum Gasteiger partial charge on any atom is -0.510 e. The topological polar surface area (TPSA) is 108 Å². The molecule has 0 unspecified atom stereocenters. The molecule has 0 aliphatic heterocycles. The Hall–Kier alpha value is -3.00. The molecule has 0 radical (unpaired) electrons. The van der Waals surface area contributed by atoms with E-state index in [-0.39, 0.29) is 22.1 Å². The van der Waals surface area contributed by atoms with E-state index in [1.807, 2.05) is 19.1 Å². The highest BCUT2D eigenvalue weighted by molar-refractivity contribution is 7.91. The fourth-order valence-corrected chi connectivity index (χ4v) is 3.06. The van der Waals surface area contributed by atoms with Crippen LogP contribution in [0.2, 0.25) is 0 Å². The number of allylic oxidation sites excluding steroid dienone is 1. The molecule has 0 saturated heterocycles. The van der Waals surface area contributed by atoms with Crippen molar-refractivity contribution >= 4 is 27.1 Å². The zero-order valence-corrected chi connectivity index (χ0v) is 16.1. The maximum absolute atomic E-state index is 12.4. The van der Waals surface area contributed by atoms with Crippen molar-refractivity contribution in [1.29, 1.82) is 0 Å². The van der Waals surface area contributed by atoms with Crippen molar-refractivity contribution in [3.8, 4) is 0 Å². The third kappa shape index (κ3) is 5.24. The second-order valence-electron chi connectivity index (χ2n) is 5.80. The number of nitrogens with one attached hydrogen (secondary N) is 1. The second kappa shape index (κ2) is 8.59. The van der Waals surface area contributed by atoms with Crippen molar-refractivity contribution < 1.29 is 18.3 Å². The summed E-state index contributed by atoms with van der Waals surface area (Å²) in [6, 6.07) is 13.0. The van der Waals surface area contributed by atoms with Gasteiger partial charge in [0.1, 0.15) is 5.76 Å². The lowest BCUT2D eigenvalue weighted by Crippen LogP contribution is -2.15. The van der Waals surface area contributed by atoms with E-state index < -0.39 is 15.7 Å². The molecule has 1 amide bonds. The average molecular weight is 387 g/mol. The van der Waals surface area contributed by atoms with Crippen LogP contribution in [0.25, 0.3) is 0 Å². The quantitative estimate of drug-likeness (QED) is 0.437. The van der Waals surface area contributed by atoms with E-state index in [0.29, 0.717) is 11.4 Å². The van der Waals surface area contributed by atoms with Crippen molar-refractivity contribution in [1.82, 2.24) is 0 Å². The summed E-state index contributed by atoms with van der Waals surface area (Å²) in [6.45, 7) is 4.75. The molecule has 7 nitrogen and oxygen atoms in total. The maximum atomic E-state index is 12.4.